The van der Waals surface area contributed by atoms with Gasteiger partial charge in [-0.15, -0.1) is 0 Å². The topological polar surface area (TPSA) is 128 Å². The van der Waals surface area contributed by atoms with Crippen LogP contribution in [0.3, 0.4) is 0 Å². The second-order valence-electron chi connectivity index (χ2n) is 4.77. The highest BCUT2D eigenvalue weighted by Gasteiger charge is 2.15. The van der Waals surface area contributed by atoms with E-state index in [1.165, 1.54) is 24.3 Å². The molecule has 22 heavy (non-hydrogen) atoms. The summed E-state index contributed by atoms with van der Waals surface area (Å²) in [4.78, 5) is 22.0. The van der Waals surface area contributed by atoms with Crippen molar-refractivity contribution in [2.45, 2.75) is 24.8 Å². The number of rotatable bonds is 8. The quantitative estimate of drug-likeness (QED) is 0.584. The van der Waals surface area contributed by atoms with Crippen molar-refractivity contribution in [2.24, 2.45) is 5.73 Å². The van der Waals surface area contributed by atoms with Crippen molar-refractivity contribution in [1.82, 2.24) is 10.0 Å². The van der Waals surface area contributed by atoms with Crippen LogP contribution in [0.5, 0.6) is 5.75 Å². The lowest BCUT2D eigenvalue weighted by Gasteiger charge is -2.10. The Balaban J connectivity index is 2.65. The molecule has 0 heterocycles. The van der Waals surface area contributed by atoms with E-state index in [0.29, 0.717) is 5.75 Å². The van der Waals surface area contributed by atoms with E-state index >= 15 is 0 Å². The molecular formula is C13H19N3O5S. The maximum Gasteiger partial charge on any atom is 0.255 e. The summed E-state index contributed by atoms with van der Waals surface area (Å²) in [6.07, 6.45) is 0. The number of carbonyl (C=O) groups is 2. The molecule has 0 atom stereocenters. The van der Waals surface area contributed by atoms with E-state index in [1.54, 1.807) is 13.8 Å². The Labute approximate surface area is 129 Å². The zero-order valence-corrected chi connectivity index (χ0v) is 13.1. The van der Waals surface area contributed by atoms with Crippen molar-refractivity contribution < 1.29 is 22.7 Å². The first-order valence-electron chi connectivity index (χ1n) is 6.51. The third-order valence-electron chi connectivity index (χ3n) is 2.39. The predicted molar refractivity (Wildman–Crippen MR) is 79.6 cm³/mol. The highest BCUT2D eigenvalue weighted by Crippen LogP contribution is 2.15. The third-order valence-corrected chi connectivity index (χ3v) is 3.80. The molecule has 2 amide bonds. The summed E-state index contributed by atoms with van der Waals surface area (Å²) in [6.45, 7) is 2.91. The van der Waals surface area contributed by atoms with Gasteiger partial charge in [0.05, 0.1) is 11.4 Å². The lowest BCUT2D eigenvalue weighted by Crippen LogP contribution is -2.39. The lowest BCUT2D eigenvalue weighted by molar-refractivity contribution is -0.121. The van der Waals surface area contributed by atoms with Gasteiger partial charge < -0.3 is 15.8 Å². The third kappa shape index (κ3) is 6.10. The molecule has 9 heteroatoms. The van der Waals surface area contributed by atoms with Crippen LogP contribution < -0.4 is 20.5 Å². The molecule has 0 saturated carbocycles. The molecule has 0 unspecified atom stereocenters. The van der Waals surface area contributed by atoms with Crippen LogP contribution in [0, 0.1) is 0 Å². The highest BCUT2D eigenvalue weighted by molar-refractivity contribution is 7.89. The molecule has 0 aliphatic heterocycles. The molecule has 0 aliphatic carbocycles. The largest absolute Gasteiger partial charge is 0.484 e. The normalized spacial score (nSPS) is 11.2. The first-order valence-corrected chi connectivity index (χ1v) is 7.99. The van der Waals surface area contributed by atoms with Gasteiger partial charge in [0.25, 0.3) is 5.91 Å². The van der Waals surface area contributed by atoms with Crippen LogP contribution in [0.1, 0.15) is 13.8 Å². The lowest BCUT2D eigenvalue weighted by atomic mass is 10.3. The summed E-state index contributed by atoms with van der Waals surface area (Å²) in [5.41, 5.74) is 4.93. The molecule has 0 fully saturated rings. The van der Waals surface area contributed by atoms with Gasteiger partial charge in [-0.3, -0.25) is 9.59 Å². The fraction of sp³-hybridized carbons (Fsp3) is 0.385. The SMILES string of the molecule is CC(C)NC(=O)CNS(=O)(=O)c1ccc(OCC(N)=O)cc1. The summed E-state index contributed by atoms with van der Waals surface area (Å²) in [5.74, 6) is -0.732. The van der Waals surface area contributed by atoms with E-state index in [-0.39, 0.29) is 24.1 Å². The van der Waals surface area contributed by atoms with E-state index in [1.807, 2.05) is 0 Å². The summed E-state index contributed by atoms with van der Waals surface area (Å²) in [5, 5.41) is 2.57. The van der Waals surface area contributed by atoms with Crippen LogP contribution in [0.2, 0.25) is 0 Å². The van der Waals surface area contributed by atoms with Crippen molar-refractivity contribution in [2.75, 3.05) is 13.2 Å². The molecule has 122 valence electrons. The average molecular weight is 329 g/mol. The van der Waals surface area contributed by atoms with Crippen LogP contribution in [0.4, 0.5) is 0 Å². The van der Waals surface area contributed by atoms with Crippen molar-refractivity contribution in [1.29, 1.82) is 0 Å². The minimum atomic E-state index is -3.80. The molecule has 0 radical (unpaired) electrons. The predicted octanol–water partition coefficient (Wildman–Crippen LogP) is -0.646. The fourth-order valence-electron chi connectivity index (χ4n) is 1.49. The Morgan fingerprint density at radius 1 is 1.23 bits per heavy atom. The number of ether oxygens (including phenoxy) is 1. The smallest absolute Gasteiger partial charge is 0.255 e. The number of amides is 2. The van der Waals surface area contributed by atoms with Gasteiger partial charge in [-0.05, 0) is 38.1 Å². The van der Waals surface area contributed by atoms with E-state index < -0.39 is 21.8 Å². The zero-order chi connectivity index (χ0) is 16.8. The maximum atomic E-state index is 12.0. The van der Waals surface area contributed by atoms with Crippen LogP contribution in [0.25, 0.3) is 0 Å². The first kappa shape index (κ1) is 17.9. The molecule has 0 bridgehead atoms. The number of primary amides is 1. The second-order valence-corrected chi connectivity index (χ2v) is 6.54. The second kappa shape index (κ2) is 7.76. The summed E-state index contributed by atoms with van der Waals surface area (Å²) < 4.78 is 31.2. The number of hydrogen-bond acceptors (Lipinski definition) is 5. The van der Waals surface area contributed by atoms with E-state index in [4.69, 9.17) is 10.5 Å². The highest BCUT2D eigenvalue weighted by atomic mass is 32.2. The Kier molecular flexibility index (Phi) is 6.32. The Morgan fingerprint density at radius 3 is 2.32 bits per heavy atom. The molecule has 0 saturated heterocycles. The molecule has 4 N–H and O–H groups in total. The molecule has 0 spiro atoms. The van der Waals surface area contributed by atoms with Gasteiger partial charge in [0.2, 0.25) is 15.9 Å². The average Bonchev–Trinajstić information content (AvgIpc) is 2.43. The summed E-state index contributed by atoms with van der Waals surface area (Å²) >= 11 is 0. The van der Waals surface area contributed by atoms with E-state index in [0.717, 1.165) is 0 Å². The van der Waals surface area contributed by atoms with Gasteiger partial charge in [0.1, 0.15) is 5.75 Å². The van der Waals surface area contributed by atoms with Gasteiger partial charge in [-0.25, -0.2) is 13.1 Å². The molecule has 0 aliphatic rings. The molecule has 1 aromatic carbocycles. The number of sulfonamides is 1. The van der Waals surface area contributed by atoms with Gasteiger partial charge in [0.15, 0.2) is 6.61 Å². The number of carbonyl (C=O) groups excluding carboxylic acids is 2. The molecule has 1 rings (SSSR count). The number of hydrogen-bond donors (Lipinski definition) is 3. The summed E-state index contributed by atoms with van der Waals surface area (Å²) in [6, 6.07) is 5.33. The first-order chi connectivity index (χ1) is 10.2. The zero-order valence-electron chi connectivity index (χ0n) is 12.3. The van der Waals surface area contributed by atoms with Crippen molar-refractivity contribution in [3.8, 4) is 5.75 Å². The van der Waals surface area contributed by atoms with Crippen molar-refractivity contribution in [3.63, 3.8) is 0 Å². The van der Waals surface area contributed by atoms with Gasteiger partial charge in [-0.1, -0.05) is 0 Å². The minimum Gasteiger partial charge on any atom is -0.484 e. The van der Waals surface area contributed by atoms with E-state index in [2.05, 4.69) is 10.0 Å². The number of benzene rings is 1. The van der Waals surface area contributed by atoms with Crippen LogP contribution >= 0.6 is 0 Å². The van der Waals surface area contributed by atoms with E-state index in [9.17, 15) is 18.0 Å². The van der Waals surface area contributed by atoms with Gasteiger partial charge in [0, 0.05) is 6.04 Å². The van der Waals surface area contributed by atoms with Gasteiger partial charge >= 0.3 is 0 Å². The fourth-order valence-corrected chi connectivity index (χ4v) is 2.47. The van der Waals surface area contributed by atoms with Crippen LogP contribution in [0.15, 0.2) is 29.2 Å². The van der Waals surface area contributed by atoms with Crippen LogP contribution in [-0.2, 0) is 19.6 Å². The minimum absolute atomic E-state index is 0.0173. The monoisotopic (exact) mass is 329 g/mol. The molecule has 0 aromatic heterocycles. The maximum absolute atomic E-state index is 12.0. The Morgan fingerprint density at radius 2 is 1.82 bits per heavy atom. The molecule has 8 nitrogen and oxygen atoms in total. The molecule has 1 aromatic rings. The Bertz CT molecular complexity index is 626. The Hall–Kier alpha value is -2.13. The van der Waals surface area contributed by atoms with Gasteiger partial charge in [-0.2, -0.15) is 0 Å². The van der Waals surface area contributed by atoms with Crippen molar-refractivity contribution >= 4 is 21.8 Å². The number of nitrogens with one attached hydrogen (secondary N) is 2. The van der Waals surface area contributed by atoms with Crippen molar-refractivity contribution in [3.05, 3.63) is 24.3 Å². The standard InChI is InChI=1S/C13H19N3O5S/c1-9(2)16-13(18)7-15-22(19,20)11-5-3-10(4-6-11)21-8-12(14)17/h3-6,9,15H,7-8H2,1-2H3,(H2,14,17)(H,16,18). The molecular weight excluding hydrogens is 310 g/mol. The summed E-state index contributed by atoms with van der Waals surface area (Å²) in [7, 11) is -3.80. The van der Waals surface area contributed by atoms with Crippen LogP contribution in [-0.4, -0.2) is 39.4 Å². The number of nitrogens with two attached hydrogens (primary N) is 1.